The highest BCUT2D eigenvalue weighted by atomic mass is 32.1. The number of carbonyl (C=O) groups excluding carboxylic acids is 1. The molecule has 5 rings (SSSR count). The zero-order valence-corrected chi connectivity index (χ0v) is 16.2. The number of rotatable bonds is 5. The third kappa shape index (κ3) is 3.43. The summed E-state index contributed by atoms with van der Waals surface area (Å²) >= 11 is 1.63. The van der Waals surface area contributed by atoms with Crippen LogP contribution < -0.4 is 5.32 Å². The van der Waals surface area contributed by atoms with Gasteiger partial charge in [0.25, 0.3) is 5.91 Å². The Morgan fingerprint density at radius 3 is 2.69 bits per heavy atom. The number of pyridine rings is 1. The van der Waals surface area contributed by atoms with Crippen LogP contribution in [0, 0.1) is 0 Å². The Morgan fingerprint density at radius 2 is 1.93 bits per heavy atom. The van der Waals surface area contributed by atoms with E-state index >= 15 is 0 Å². The first kappa shape index (κ1) is 17.4. The first-order chi connectivity index (χ1) is 14.3. The number of benzene rings is 1. The molecule has 0 spiro atoms. The third-order valence-electron chi connectivity index (χ3n) is 4.82. The minimum absolute atomic E-state index is 0.0774. The van der Waals surface area contributed by atoms with Crippen molar-refractivity contribution in [2.24, 2.45) is 0 Å². The molecule has 0 unspecified atom stereocenters. The summed E-state index contributed by atoms with van der Waals surface area (Å²) < 4.78 is 0. The molecule has 7 heteroatoms. The Labute approximate surface area is 170 Å². The van der Waals surface area contributed by atoms with Crippen molar-refractivity contribution in [3.05, 3.63) is 83.1 Å². The number of thiophene rings is 1. The highest BCUT2D eigenvalue weighted by molar-refractivity contribution is 7.09. The lowest BCUT2D eigenvalue weighted by atomic mass is 10.0. The van der Waals surface area contributed by atoms with Crippen LogP contribution in [0.1, 0.15) is 15.2 Å². The van der Waals surface area contributed by atoms with Gasteiger partial charge >= 0.3 is 0 Å². The van der Waals surface area contributed by atoms with E-state index < -0.39 is 0 Å². The normalized spacial score (nSPS) is 11.0. The predicted octanol–water partition coefficient (Wildman–Crippen LogP) is 4.61. The number of nitrogens with one attached hydrogen (secondary N) is 3. The van der Waals surface area contributed by atoms with Crippen LogP contribution in [0.4, 0.5) is 0 Å². The molecule has 4 heterocycles. The molecular formula is C22H17N5OS. The van der Waals surface area contributed by atoms with Crippen LogP contribution in [0.25, 0.3) is 33.3 Å². The van der Waals surface area contributed by atoms with Crippen molar-refractivity contribution in [3.63, 3.8) is 0 Å². The predicted molar refractivity (Wildman–Crippen MR) is 115 cm³/mol. The second-order valence-electron chi connectivity index (χ2n) is 6.65. The van der Waals surface area contributed by atoms with E-state index in [1.165, 1.54) is 0 Å². The van der Waals surface area contributed by atoms with Gasteiger partial charge in [-0.1, -0.05) is 18.2 Å². The second kappa shape index (κ2) is 7.37. The molecule has 142 valence electrons. The maximum absolute atomic E-state index is 12.4. The van der Waals surface area contributed by atoms with Crippen molar-refractivity contribution in [2.75, 3.05) is 0 Å². The van der Waals surface area contributed by atoms with E-state index in [9.17, 15) is 4.79 Å². The summed E-state index contributed by atoms with van der Waals surface area (Å²) in [5, 5.41) is 12.9. The fraction of sp³-hybridized carbons (Fsp3) is 0.0455. The van der Waals surface area contributed by atoms with E-state index in [0.717, 1.165) is 38.2 Å². The Morgan fingerprint density at radius 1 is 1.03 bits per heavy atom. The fourth-order valence-corrected chi connectivity index (χ4v) is 3.94. The number of carbonyl (C=O) groups is 1. The molecule has 0 aliphatic carbocycles. The standard InChI is InChI=1S/C22H17N5OS/c28-22(25-12-18-2-1-7-29-18)15-5-3-14(4-6-15)16-8-19-20(17-10-26-27-11-17)13-24-21(19)23-9-16/h1-11,13H,12H2,(H,23,24)(H,25,28)(H,26,27). The summed E-state index contributed by atoms with van der Waals surface area (Å²) in [7, 11) is 0. The van der Waals surface area contributed by atoms with Crippen LogP contribution in [0.15, 0.2) is 72.6 Å². The van der Waals surface area contributed by atoms with Gasteiger partial charge in [-0.05, 0) is 35.2 Å². The number of fused-ring (bicyclic) bond motifs is 1. The van der Waals surface area contributed by atoms with E-state index in [2.05, 4.69) is 31.5 Å². The second-order valence-corrected chi connectivity index (χ2v) is 7.68. The Hall–Kier alpha value is -3.71. The summed E-state index contributed by atoms with van der Waals surface area (Å²) in [5.74, 6) is -0.0774. The molecule has 0 saturated carbocycles. The molecule has 0 saturated heterocycles. The summed E-state index contributed by atoms with van der Waals surface area (Å²) in [6.45, 7) is 0.545. The summed E-state index contributed by atoms with van der Waals surface area (Å²) in [5.41, 5.74) is 5.52. The van der Waals surface area contributed by atoms with Crippen LogP contribution in [-0.2, 0) is 6.54 Å². The van der Waals surface area contributed by atoms with E-state index in [0.29, 0.717) is 12.1 Å². The highest BCUT2D eigenvalue weighted by Gasteiger charge is 2.11. The molecule has 4 aromatic heterocycles. The van der Waals surface area contributed by atoms with E-state index in [1.807, 2.05) is 60.4 Å². The maximum atomic E-state index is 12.4. The Kier molecular flexibility index (Phi) is 4.42. The number of aromatic nitrogens is 4. The molecule has 6 nitrogen and oxygen atoms in total. The molecular weight excluding hydrogens is 382 g/mol. The quantitative estimate of drug-likeness (QED) is 0.403. The number of H-pyrrole nitrogens is 2. The van der Waals surface area contributed by atoms with Gasteiger partial charge in [-0.2, -0.15) is 5.10 Å². The van der Waals surface area contributed by atoms with Gasteiger partial charge in [0.05, 0.1) is 12.7 Å². The van der Waals surface area contributed by atoms with Gasteiger partial charge < -0.3 is 10.3 Å². The summed E-state index contributed by atoms with van der Waals surface area (Å²) in [6, 6.07) is 13.7. The Balaban J connectivity index is 1.39. The minimum atomic E-state index is -0.0774. The molecule has 0 radical (unpaired) electrons. The lowest BCUT2D eigenvalue weighted by Crippen LogP contribution is -2.22. The van der Waals surface area contributed by atoms with Crippen LogP contribution in [0.3, 0.4) is 0 Å². The van der Waals surface area contributed by atoms with Crippen molar-refractivity contribution in [1.82, 2.24) is 25.5 Å². The molecule has 5 aromatic rings. The van der Waals surface area contributed by atoms with Crippen LogP contribution >= 0.6 is 11.3 Å². The lowest BCUT2D eigenvalue weighted by Gasteiger charge is -2.06. The monoisotopic (exact) mass is 399 g/mol. The van der Waals surface area contributed by atoms with Gasteiger partial charge in [0, 0.05) is 51.1 Å². The van der Waals surface area contributed by atoms with Gasteiger partial charge in [0.2, 0.25) is 0 Å². The summed E-state index contributed by atoms with van der Waals surface area (Å²) in [6.07, 6.45) is 7.43. The first-order valence-electron chi connectivity index (χ1n) is 9.15. The molecule has 29 heavy (non-hydrogen) atoms. The van der Waals surface area contributed by atoms with Crippen molar-refractivity contribution in [2.45, 2.75) is 6.54 Å². The largest absolute Gasteiger partial charge is 0.347 e. The topological polar surface area (TPSA) is 86.5 Å². The van der Waals surface area contributed by atoms with E-state index in [-0.39, 0.29) is 5.91 Å². The molecule has 1 aromatic carbocycles. The van der Waals surface area contributed by atoms with Crippen molar-refractivity contribution >= 4 is 28.3 Å². The van der Waals surface area contributed by atoms with Gasteiger partial charge in [-0.15, -0.1) is 11.3 Å². The molecule has 0 atom stereocenters. The van der Waals surface area contributed by atoms with Crippen LogP contribution in [0.2, 0.25) is 0 Å². The van der Waals surface area contributed by atoms with E-state index in [1.54, 1.807) is 17.5 Å². The van der Waals surface area contributed by atoms with Crippen LogP contribution in [-0.4, -0.2) is 26.1 Å². The highest BCUT2D eigenvalue weighted by Crippen LogP contribution is 2.30. The SMILES string of the molecule is O=C(NCc1cccs1)c1ccc(-c2cnc3[nH]cc(-c4cn[nH]c4)c3c2)cc1. The number of amides is 1. The van der Waals surface area contributed by atoms with Crippen molar-refractivity contribution in [3.8, 4) is 22.3 Å². The molecule has 0 aliphatic rings. The average molecular weight is 399 g/mol. The number of hydrogen-bond donors (Lipinski definition) is 3. The molecule has 1 amide bonds. The molecule has 3 N–H and O–H groups in total. The van der Waals surface area contributed by atoms with Gasteiger partial charge in [0.1, 0.15) is 5.65 Å². The molecule has 0 fully saturated rings. The maximum Gasteiger partial charge on any atom is 0.251 e. The Bertz CT molecular complexity index is 1250. The minimum Gasteiger partial charge on any atom is -0.347 e. The van der Waals surface area contributed by atoms with Gasteiger partial charge in [-0.3, -0.25) is 9.89 Å². The number of nitrogens with zero attached hydrogens (tertiary/aromatic N) is 2. The fourth-order valence-electron chi connectivity index (χ4n) is 3.29. The zero-order valence-electron chi connectivity index (χ0n) is 15.3. The van der Waals surface area contributed by atoms with Gasteiger partial charge in [0.15, 0.2) is 0 Å². The van der Waals surface area contributed by atoms with Crippen molar-refractivity contribution < 1.29 is 4.79 Å². The summed E-state index contributed by atoms with van der Waals surface area (Å²) in [4.78, 5) is 21.2. The van der Waals surface area contributed by atoms with Crippen molar-refractivity contribution in [1.29, 1.82) is 0 Å². The smallest absolute Gasteiger partial charge is 0.251 e. The third-order valence-corrected chi connectivity index (χ3v) is 5.70. The lowest BCUT2D eigenvalue weighted by molar-refractivity contribution is 0.0951. The first-order valence-corrected chi connectivity index (χ1v) is 10.0. The van der Waals surface area contributed by atoms with Gasteiger partial charge in [-0.25, -0.2) is 4.98 Å². The van der Waals surface area contributed by atoms with E-state index in [4.69, 9.17) is 0 Å². The average Bonchev–Trinajstić information content (AvgIpc) is 3.53. The van der Waals surface area contributed by atoms with Crippen LogP contribution in [0.5, 0.6) is 0 Å². The molecule has 0 bridgehead atoms. The number of aromatic amines is 2. The molecule has 0 aliphatic heterocycles. The number of hydrogen-bond acceptors (Lipinski definition) is 4. The zero-order chi connectivity index (χ0) is 19.6.